The van der Waals surface area contributed by atoms with E-state index in [1.165, 1.54) is 23.7 Å². The van der Waals surface area contributed by atoms with Gasteiger partial charge in [-0.3, -0.25) is 9.58 Å². The van der Waals surface area contributed by atoms with E-state index in [-0.39, 0.29) is 0 Å². The van der Waals surface area contributed by atoms with Gasteiger partial charge in [-0.2, -0.15) is 23.4 Å². The number of aromatic nitrogens is 5. The van der Waals surface area contributed by atoms with Crippen LogP contribution in [-0.4, -0.2) is 80.0 Å². The van der Waals surface area contributed by atoms with Gasteiger partial charge in [0, 0.05) is 31.4 Å². The highest BCUT2D eigenvalue weighted by Crippen LogP contribution is 2.39. The molecule has 0 spiro atoms. The molecule has 0 aliphatic carbocycles. The number of alkyl halides is 3. The third-order valence-corrected chi connectivity index (χ3v) is 7.04. The molecule has 1 N–H and O–H groups in total. The summed E-state index contributed by atoms with van der Waals surface area (Å²) in [6, 6.07) is 3.75. The van der Waals surface area contributed by atoms with Gasteiger partial charge in [-0.05, 0) is 19.1 Å². The van der Waals surface area contributed by atoms with Gasteiger partial charge in [0.05, 0.1) is 59.6 Å². The van der Waals surface area contributed by atoms with Gasteiger partial charge in [-0.25, -0.2) is 9.50 Å². The molecule has 9 nitrogen and oxygen atoms in total. The van der Waals surface area contributed by atoms with E-state index in [9.17, 15) is 18.3 Å². The third-order valence-electron chi connectivity index (χ3n) is 5.78. The van der Waals surface area contributed by atoms with Gasteiger partial charge in [0.15, 0.2) is 0 Å². The highest BCUT2D eigenvalue weighted by molar-refractivity contribution is 7.15. The van der Waals surface area contributed by atoms with E-state index in [1.54, 1.807) is 23.8 Å². The predicted molar refractivity (Wildman–Crippen MR) is 127 cm³/mol. The summed E-state index contributed by atoms with van der Waals surface area (Å²) in [6.07, 6.45) is 0.844. The number of halogens is 3. The fourth-order valence-electron chi connectivity index (χ4n) is 4.03. The van der Waals surface area contributed by atoms with Crippen molar-refractivity contribution in [2.75, 3.05) is 39.5 Å². The molecule has 1 unspecified atom stereocenters. The number of aliphatic hydroxyl groups excluding tert-OH is 1. The molecule has 0 radical (unpaired) electrons. The first-order valence-electron chi connectivity index (χ1n) is 11.5. The first-order chi connectivity index (χ1) is 17.3. The van der Waals surface area contributed by atoms with Crippen LogP contribution in [0.3, 0.4) is 0 Å². The Balaban J connectivity index is 1.36. The maximum absolute atomic E-state index is 12.7. The second-order valence-corrected chi connectivity index (χ2v) is 9.54. The summed E-state index contributed by atoms with van der Waals surface area (Å²) in [5.74, 6) is 0.687. The zero-order valence-electron chi connectivity index (χ0n) is 19.5. The molecule has 36 heavy (non-hydrogen) atoms. The lowest BCUT2D eigenvalue weighted by molar-refractivity contribution is -0.142. The van der Waals surface area contributed by atoms with Crippen LogP contribution in [0.1, 0.15) is 17.9 Å². The molecule has 0 amide bonds. The molecular weight excluding hydrogens is 497 g/mol. The molecule has 1 atom stereocenters. The number of rotatable bonds is 8. The van der Waals surface area contributed by atoms with E-state index in [1.807, 2.05) is 12.1 Å². The number of fused-ring (bicyclic) bond motifs is 1. The average Bonchev–Trinajstić information content (AvgIpc) is 3.56. The minimum atomic E-state index is -4.38. The van der Waals surface area contributed by atoms with Crippen molar-refractivity contribution in [2.45, 2.75) is 25.7 Å². The third kappa shape index (κ3) is 5.53. The van der Waals surface area contributed by atoms with Crippen molar-refractivity contribution in [1.82, 2.24) is 29.3 Å². The van der Waals surface area contributed by atoms with Gasteiger partial charge in [0.1, 0.15) is 23.9 Å². The van der Waals surface area contributed by atoms with Crippen LogP contribution in [0.5, 0.6) is 5.75 Å². The molecule has 192 valence electrons. The van der Waals surface area contributed by atoms with E-state index in [0.29, 0.717) is 33.5 Å². The van der Waals surface area contributed by atoms with Gasteiger partial charge in [0.25, 0.3) is 0 Å². The molecule has 5 rings (SSSR count). The quantitative estimate of drug-likeness (QED) is 0.378. The van der Waals surface area contributed by atoms with E-state index in [2.05, 4.69) is 20.1 Å². The Hall–Kier alpha value is -3.00. The summed E-state index contributed by atoms with van der Waals surface area (Å²) < 4.78 is 52.0. The first-order valence-corrected chi connectivity index (χ1v) is 12.3. The van der Waals surface area contributed by atoms with Gasteiger partial charge in [-0.1, -0.05) is 0 Å². The predicted octanol–water partition coefficient (Wildman–Crippen LogP) is 3.65. The number of aliphatic hydroxyl groups is 1. The van der Waals surface area contributed by atoms with E-state index < -0.39 is 18.8 Å². The first kappa shape index (κ1) is 24.7. The highest BCUT2D eigenvalue weighted by atomic mass is 32.1. The van der Waals surface area contributed by atoms with E-state index >= 15 is 0 Å². The Bertz CT molecular complexity index is 1330. The van der Waals surface area contributed by atoms with Crippen LogP contribution in [0.4, 0.5) is 13.2 Å². The smallest absolute Gasteiger partial charge is 0.408 e. The maximum atomic E-state index is 12.7. The Kier molecular flexibility index (Phi) is 6.97. The summed E-state index contributed by atoms with van der Waals surface area (Å²) in [5, 5.41) is 19.1. The number of hydrogen-bond donors (Lipinski definition) is 1. The Labute approximate surface area is 208 Å². The molecule has 0 aromatic carbocycles. The van der Waals surface area contributed by atoms with Crippen molar-refractivity contribution in [3.63, 3.8) is 0 Å². The van der Waals surface area contributed by atoms with Crippen molar-refractivity contribution in [1.29, 1.82) is 0 Å². The fourth-order valence-corrected chi connectivity index (χ4v) is 5.07. The normalized spacial score (nSPS) is 16.0. The second kappa shape index (κ2) is 10.2. The number of nitrogens with zero attached hydrogens (tertiary/aromatic N) is 6. The van der Waals surface area contributed by atoms with Crippen molar-refractivity contribution in [3.05, 3.63) is 41.8 Å². The Morgan fingerprint density at radius 3 is 2.72 bits per heavy atom. The van der Waals surface area contributed by atoms with Crippen molar-refractivity contribution in [2.24, 2.45) is 0 Å². The number of hydrogen-bond acceptors (Lipinski definition) is 8. The monoisotopic (exact) mass is 522 g/mol. The molecule has 0 bridgehead atoms. The van der Waals surface area contributed by atoms with Crippen LogP contribution >= 0.6 is 11.3 Å². The fraction of sp³-hybridized carbons (Fsp3) is 0.435. The molecule has 1 saturated heterocycles. The minimum Gasteiger partial charge on any atom is -0.491 e. The summed E-state index contributed by atoms with van der Waals surface area (Å²) in [5.41, 5.74) is 2.35. The van der Waals surface area contributed by atoms with Crippen molar-refractivity contribution >= 4 is 16.9 Å². The second-order valence-electron chi connectivity index (χ2n) is 8.50. The van der Waals surface area contributed by atoms with Crippen LogP contribution < -0.4 is 4.74 Å². The summed E-state index contributed by atoms with van der Waals surface area (Å²) in [7, 11) is 0. The van der Waals surface area contributed by atoms with Crippen molar-refractivity contribution in [3.8, 4) is 27.6 Å². The Morgan fingerprint density at radius 2 is 1.97 bits per heavy atom. The largest absolute Gasteiger partial charge is 0.491 e. The van der Waals surface area contributed by atoms with Gasteiger partial charge >= 0.3 is 6.18 Å². The molecule has 13 heteroatoms. The van der Waals surface area contributed by atoms with Crippen molar-refractivity contribution < 1.29 is 27.8 Å². The summed E-state index contributed by atoms with van der Waals surface area (Å²) >= 11 is 1.27. The molecule has 5 heterocycles. The van der Waals surface area contributed by atoms with Gasteiger partial charge in [0.2, 0.25) is 0 Å². The SMILES string of the molecule is CC(O)c1sc(-c2cnn3cc(OCCN4CCOCC4)ccc23)nc1-c1cnn(CC(F)(F)F)c1. The topological polar surface area (TPSA) is 89.9 Å². The lowest BCUT2D eigenvalue weighted by Gasteiger charge is -2.26. The summed E-state index contributed by atoms with van der Waals surface area (Å²) in [4.78, 5) is 7.48. The van der Waals surface area contributed by atoms with Crippen LogP contribution in [0, 0.1) is 0 Å². The number of thiazole rings is 1. The minimum absolute atomic E-state index is 0.404. The lowest BCUT2D eigenvalue weighted by Crippen LogP contribution is -2.38. The molecule has 4 aromatic rings. The standard InChI is InChI=1S/C23H25F3N6O3S/c1-15(33)21-20(16-10-27-31(12-16)14-23(24,25)26)29-22(36-21)18-11-28-32-13-17(2-3-19(18)32)35-9-6-30-4-7-34-8-5-30/h2-3,10-13,15,33H,4-9,14H2,1H3. The number of morpholine rings is 1. The van der Waals surface area contributed by atoms with Crippen LogP contribution in [0.2, 0.25) is 0 Å². The summed E-state index contributed by atoms with van der Waals surface area (Å²) in [6.45, 7) is 5.05. The number of ether oxygens (including phenoxy) is 2. The zero-order chi connectivity index (χ0) is 25.3. The van der Waals surface area contributed by atoms with Crippen LogP contribution in [0.25, 0.3) is 27.3 Å². The van der Waals surface area contributed by atoms with Crippen LogP contribution in [0.15, 0.2) is 36.9 Å². The number of pyridine rings is 1. The molecule has 1 aliphatic heterocycles. The highest BCUT2D eigenvalue weighted by Gasteiger charge is 2.29. The molecular formula is C23H25F3N6O3S. The molecule has 0 saturated carbocycles. The lowest BCUT2D eigenvalue weighted by atomic mass is 10.2. The molecule has 4 aromatic heterocycles. The maximum Gasteiger partial charge on any atom is 0.408 e. The van der Waals surface area contributed by atoms with Crippen LogP contribution in [-0.2, 0) is 11.3 Å². The Morgan fingerprint density at radius 1 is 1.17 bits per heavy atom. The van der Waals surface area contributed by atoms with E-state index in [0.717, 1.165) is 48.6 Å². The average molecular weight is 523 g/mol. The zero-order valence-corrected chi connectivity index (χ0v) is 20.3. The van der Waals surface area contributed by atoms with E-state index in [4.69, 9.17) is 9.47 Å². The molecule has 1 aliphatic rings. The van der Waals surface area contributed by atoms with Gasteiger partial charge < -0.3 is 14.6 Å². The molecule has 1 fully saturated rings. The van der Waals surface area contributed by atoms with Gasteiger partial charge in [-0.15, -0.1) is 11.3 Å².